The van der Waals surface area contributed by atoms with Crippen molar-refractivity contribution < 1.29 is 9.53 Å². The minimum atomic E-state index is -0.484. The predicted molar refractivity (Wildman–Crippen MR) is 120 cm³/mol. The highest BCUT2D eigenvalue weighted by Gasteiger charge is 2.11. The fraction of sp³-hybridized carbons (Fsp3) is 0.120. The number of anilines is 1. The van der Waals surface area contributed by atoms with Crippen molar-refractivity contribution in [2.45, 2.75) is 20.5 Å². The fourth-order valence-corrected chi connectivity index (χ4v) is 3.03. The number of ether oxygens (including phenoxy) is 1. The third kappa shape index (κ3) is 5.73. The summed E-state index contributed by atoms with van der Waals surface area (Å²) in [5.74, 6) is 0.230. The van der Waals surface area contributed by atoms with Crippen LogP contribution < -0.4 is 10.1 Å². The van der Waals surface area contributed by atoms with E-state index >= 15 is 0 Å². The molecule has 0 aromatic heterocycles. The zero-order valence-corrected chi connectivity index (χ0v) is 17.5. The van der Waals surface area contributed by atoms with Crippen molar-refractivity contribution in [3.05, 3.63) is 99.6 Å². The molecule has 0 bridgehead atoms. The lowest BCUT2D eigenvalue weighted by Crippen LogP contribution is -2.14. The van der Waals surface area contributed by atoms with Crippen LogP contribution in [0.3, 0.4) is 0 Å². The van der Waals surface area contributed by atoms with Crippen molar-refractivity contribution >= 4 is 29.3 Å². The van der Waals surface area contributed by atoms with Crippen LogP contribution in [-0.2, 0) is 11.4 Å². The maximum atomic E-state index is 12.5. The van der Waals surface area contributed by atoms with E-state index in [1.165, 1.54) is 5.56 Å². The molecule has 150 valence electrons. The van der Waals surface area contributed by atoms with Gasteiger partial charge in [-0.2, -0.15) is 5.26 Å². The Morgan fingerprint density at radius 1 is 1.10 bits per heavy atom. The van der Waals surface area contributed by atoms with Gasteiger partial charge >= 0.3 is 0 Å². The first-order valence-corrected chi connectivity index (χ1v) is 9.80. The predicted octanol–water partition coefficient (Wildman–Crippen LogP) is 6.08. The summed E-state index contributed by atoms with van der Waals surface area (Å²) < 4.78 is 5.81. The highest BCUT2D eigenvalue weighted by Crippen LogP contribution is 2.21. The van der Waals surface area contributed by atoms with Crippen molar-refractivity contribution in [2.75, 3.05) is 5.32 Å². The minimum Gasteiger partial charge on any atom is -0.489 e. The lowest BCUT2D eigenvalue weighted by molar-refractivity contribution is -0.112. The zero-order chi connectivity index (χ0) is 21.5. The number of carbonyl (C=O) groups excluding carboxylic acids is 1. The first kappa shape index (κ1) is 21.2. The molecule has 0 aliphatic rings. The van der Waals surface area contributed by atoms with Crippen molar-refractivity contribution in [1.82, 2.24) is 0 Å². The average molecular weight is 417 g/mol. The quantitative estimate of drug-likeness (QED) is 0.391. The van der Waals surface area contributed by atoms with Crippen LogP contribution in [-0.4, -0.2) is 5.91 Å². The molecule has 3 aromatic carbocycles. The van der Waals surface area contributed by atoms with Crippen LogP contribution in [0.2, 0.25) is 5.02 Å². The topological polar surface area (TPSA) is 62.1 Å². The van der Waals surface area contributed by atoms with E-state index in [2.05, 4.69) is 11.4 Å². The minimum absolute atomic E-state index is 0.00260. The molecule has 0 spiro atoms. The zero-order valence-electron chi connectivity index (χ0n) is 16.8. The molecule has 0 radical (unpaired) electrons. The maximum absolute atomic E-state index is 12.5. The summed E-state index contributed by atoms with van der Waals surface area (Å²) in [5, 5.41) is 12.7. The van der Waals surface area contributed by atoms with Crippen LogP contribution in [0, 0.1) is 25.2 Å². The highest BCUT2D eigenvalue weighted by molar-refractivity contribution is 6.31. The number of nitrogens with one attached hydrogen (secondary N) is 1. The number of rotatable bonds is 6. The van der Waals surface area contributed by atoms with Gasteiger partial charge in [0.25, 0.3) is 5.91 Å². The molecule has 5 heteroatoms. The monoisotopic (exact) mass is 416 g/mol. The fourth-order valence-electron chi connectivity index (χ4n) is 2.86. The van der Waals surface area contributed by atoms with Crippen LogP contribution in [0.15, 0.2) is 72.3 Å². The Bertz CT molecular complexity index is 1130. The number of hydrogen-bond donors (Lipinski definition) is 1. The van der Waals surface area contributed by atoms with Gasteiger partial charge < -0.3 is 10.1 Å². The maximum Gasteiger partial charge on any atom is 0.266 e. The summed E-state index contributed by atoms with van der Waals surface area (Å²) in [4.78, 5) is 12.5. The third-order valence-corrected chi connectivity index (χ3v) is 4.73. The molecule has 3 rings (SSSR count). The largest absolute Gasteiger partial charge is 0.489 e. The first-order chi connectivity index (χ1) is 14.4. The summed E-state index contributed by atoms with van der Waals surface area (Å²) in [6.45, 7) is 4.38. The van der Waals surface area contributed by atoms with Gasteiger partial charge in [0.05, 0.1) is 0 Å². The average Bonchev–Trinajstić information content (AvgIpc) is 2.74. The van der Waals surface area contributed by atoms with E-state index in [1.54, 1.807) is 30.3 Å². The van der Waals surface area contributed by atoms with Crippen LogP contribution in [0.5, 0.6) is 5.75 Å². The number of halogens is 1. The van der Waals surface area contributed by atoms with Crippen LogP contribution >= 0.6 is 11.6 Å². The Balaban J connectivity index is 1.67. The van der Waals surface area contributed by atoms with Gasteiger partial charge in [0.15, 0.2) is 0 Å². The number of aryl methyl sites for hydroxylation is 2. The molecule has 1 amide bonds. The van der Waals surface area contributed by atoms with Crippen molar-refractivity contribution in [3.8, 4) is 11.8 Å². The number of nitrogens with zero attached hydrogens (tertiary/aromatic N) is 1. The van der Waals surface area contributed by atoms with E-state index in [1.807, 2.05) is 56.3 Å². The van der Waals surface area contributed by atoms with Crippen molar-refractivity contribution in [2.24, 2.45) is 0 Å². The van der Waals surface area contributed by atoms with E-state index in [4.69, 9.17) is 16.3 Å². The van der Waals surface area contributed by atoms with E-state index in [-0.39, 0.29) is 5.57 Å². The second-order valence-electron chi connectivity index (χ2n) is 6.93. The molecule has 0 saturated carbocycles. The molecular weight excluding hydrogens is 396 g/mol. The van der Waals surface area contributed by atoms with Crippen molar-refractivity contribution in [3.63, 3.8) is 0 Å². The SMILES string of the molecule is Cc1cccc(COc2ccc(/C=C(\C#N)C(=O)Nc3cc(Cl)ccc3C)cc2)c1. The van der Waals surface area contributed by atoms with Gasteiger partial charge in [0.1, 0.15) is 24.0 Å². The molecule has 0 aliphatic carbocycles. The summed E-state index contributed by atoms with van der Waals surface area (Å²) in [6.07, 6.45) is 1.54. The Morgan fingerprint density at radius 3 is 2.57 bits per heavy atom. The summed E-state index contributed by atoms with van der Waals surface area (Å²) in [7, 11) is 0. The van der Waals surface area contributed by atoms with Crippen molar-refractivity contribution in [1.29, 1.82) is 5.26 Å². The molecule has 1 N–H and O–H groups in total. The van der Waals surface area contributed by atoms with Crippen LogP contribution in [0.4, 0.5) is 5.69 Å². The second-order valence-corrected chi connectivity index (χ2v) is 7.37. The van der Waals surface area contributed by atoms with Gasteiger partial charge in [-0.05, 0) is 60.9 Å². The number of amides is 1. The van der Waals surface area contributed by atoms with Gasteiger partial charge in [-0.15, -0.1) is 0 Å². The highest BCUT2D eigenvalue weighted by atomic mass is 35.5. The smallest absolute Gasteiger partial charge is 0.266 e. The second kappa shape index (κ2) is 9.78. The Hall–Kier alpha value is -3.55. The van der Waals surface area contributed by atoms with Gasteiger partial charge in [-0.3, -0.25) is 4.79 Å². The van der Waals surface area contributed by atoms with Crippen LogP contribution in [0.25, 0.3) is 6.08 Å². The Kier molecular flexibility index (Phi) is 6.90. The molecule has 0 fully saturated rings. The summed E-state index contributed by atoms with van der Waals surface area (Å²) in [6, 6.07) is 22.6. The number of nitriles is 1. The number of carbonyl (C=O) groups is 1. The summed E-state index contributed by atoms with van der Waals surface area (Å²) >= 11 is 5.99. The molecule has 3 aromatic rings. The van der Waals surface area contributed by atoms with E-state index in [9.17, 15) is 10.1 Å². The Morgan fingerprint density at radius 2 is 1.87 bits per heavy atom. The molecule has 0 heterocycles. The van der Waals surface area contributed by atoms with E-state index < -0.39 is 5.91 Å². The molecule has 30 heavy (non-hydrogen) atoms. The molecule has 0 atom stereocenters. The third-order valence-electron chi connectivity index (χ3n) is 4.49. The molecule has 0 saturated heterocycles. The van der Waals surface area contributed by atoms with Gasteiger partial charge in [0, 0.05) is 10.7 Å². The molecular formula is C25H21ClN2O2. The van der Waals surface area contributed by atoms with Gasteiger partial charge in [0.2, 0.25) is 0 Å². The number of hydrogen-bond acceptors (Lipinski definition) is 3. The Labute approximate surface area is 181 Å². The molecule has 0 aliphatic heterocycles. The lowest BCUT2D eigenvalue weighted by atomic mass is 10.1. The molecule has 0 unspecified atom stereocenters. The lowest BCUT2D eigenvalue weighted by Gasteiger charge is -2.09. The van der Waals surface area contributed by atoms with Gasteiger partial charge in [-0.1, -0.05) is 59.6 Å². The van der Waals surface area contributed by atoms with E-state index in [0.717, 1.165) is 16.7 Å². The van der Waals surface area contributed by atoms with Crippen LogP contribution in [0.1, 0.15) is 22.3 Å². The molecule has 4 nitrogen and oxygen atoms in total. The van der Waals surface area contributed by atoms with Gasteiger partial charge in [-0.25, -0.2) is 0 Å². The van der Waals surface area contributed by atoms with E-state index in [0.29, 0.717) is 23.1 Å². The first-order valence-electron chi connectivity index (χ1n) is 9.42. The summed E-state index contributed by atoms with van der Waals surface area (Å²) in [5.41, 5.74) is 4.45. The normalized spacial score (nSPS) is 10.9. The standard InChI is InChI=1S/C25H21ClN2O2/c1-17-4-3-5-20(12-17)16-30-23-10-7-19(8-11-23)13-21(15-27)25(29)28-24-14-22(26)9-6-18(24)2/h3-14H,16H2,1-2H3,(H,28,29)/b21-13+. The number of benzene rings is 3.